The molecule has 0 aliphatic heterocycles. The van der Waals surface area contributed by atoms with Crippen molar-refractivity contribution in [2.75, 3.05) is 13.1 Å². The van der Waals surface area contributed by atoms with Gasteiger partial charge in [0.05, 0.1) is 0 Å². The molecule has 1 aliphatic rings. The van der Waals surface area contributed by atoms with Gasteiger partial charge < -0.3 is 5.32 Å². The van der Waals surface area contributed by atoms with E-state index in [0.717, 1.165) is 24.3 Å². The van der Waals surface area contributed by atoms with Crippen molar-refractivity contribution in [2.24, 2.45) is 17.8 Å². The molecular formula is C12H25N. The Morgan fingerprint density at radius 2 is 1.77 bits per heavy atom. The lowest BCUT2D eigenvalue weighted by atomic mass is 9.77. The zero-order valence-electron chi connectivity index (χ0n) is 9.47. The summed E-state index contributed by atoms with van der Waals surface area (Å²) >= 11 is 0. The van der Waals surface area contributed by atoms with Crippen LogP contribution in [0.2, 0.25) is 0 Å². The van der Waals surface area contributed by atoms with Gasteiger partial charge in [0, 0.05) is 0 Å². The summed E-state index contributed by atoms with van der Waals surface area (Å²) in [7, 11) is 0. The molecule has 1 fully saturated rings. The summed E-state index contributed by atoms with van der Waals surface area (Å²) in [6.07, 6.45) is 5.84. The third-order valence-electron chi connectivity index (χ3n) is 3.52. The van der Waals surface area contributed by atoms with Gasteiger partial charge in [0.15, 0.2) is 0 Å². The minimum Gasteiger partial charge on any atom is -0.317 e. The van der Waals surface area contributed by atoms with Gasteiger partial charge in [-0.3, -0.25) is 0 Å². The van der Waals surface area contributed by atoms with Crippen LogP contribution >= 0.6 is 0 Å². The molecule has 0 radical (unpaired) electrons. The molecule has 0 unspecified atom stereocenters. The van der Waals surface area contributed by atoms with Crippen LogP contribution in [-0.4, -0.2) is 13.1 Å². The van der Waals surface area contributed by atoms with Crippen LogP contribution in [0.3, 0.4) is 0 Å². The van der Waals surface area contributed by atoms with E-state index in [0.29, 0.717) is 0 Å². The lowest BCUT2D eigenvalue weighted by Crippen LogP contribution is -2.27. The van der Waals surface area contributed by atoms with E-state index in [2.05, 4.69) is 26.1 Å². The van der Waals surface area contributed by atoms with Gasteiger partial charge in [-0.2, -0.15) is 0 Å². The molecular weight excluding hydrogens is 158 g/mol. The largest absolute Gasteiger partial charge is 0.317 e. The van der Waals surface area contributed by atoms with E-state index >= 15 is 0 Å². The van der Waals surface area contributed by atoms with Gasteiger partial charge in [-0.25, -0.2) is 0 Å². The minimum absolute atomic E-state index is 0.903. The smallest absolute Gasteiger partial charge is 0.00206 e. The summed E-state index contributed by atoms with van der Waals surface area (Å²) in [5.74, 6) is 2.88. The fourth-order valence-corrected chi connectivity index (χ4v) is 2.41. The normalized spacial score (nSPS) is 29.5. The Kier molecular flexibility index (Phi) is 4.79. The molecule has 1 heteroatoms. The highest BCUT2D eigenvalue weighted by molar-refractivity contribution is 4.75. The van der Waals surface area contributed by atoms with E-state index in [9.17, 15) is 0 Å². The maximum Gasteiger partial charge on any atom is -0.00206 e. The van der Waals surface area contributed by atoms with E-state index in [-0.39, 0.29) is 0 Å². The van der Waals surface area contributed by atoms with E-state index in [1.807, 2.05) is 0 Å². The SMILES string of the molecule is CCNCC1CCC(C(C)C)CC1. The summed E-state index contributed by atoms with van der Waals surface area (Å²) in [4.78, 5) is 0. The second-order valence-corrected chi connectivity index (χ2v) is 4.83. The van der Waals surface area contributed by atoms with Gasteiger partial charge in [0.2, 0.25) is 0 Å². The second kappa shape index (κ2) is 5.64. The molecule has 78 valence electrons. The highest BCUT2D eigenvalue weighted by Crippen LogP contribution is 2.32. The first-order chi connectivity index (χ1) is 6.24. The molecule has 13 heavy (non-hydrogen) atoms. The molecule has 0 heterocycles. The van der Waals surface area contributed by atoms with Crippen molar-refractivity contribution in [1.29, 1.82) is 0 Å². The fraction of sp³-hybridized carbons (Fsp3) is 1.00. The minimum atomic E-state index is 0.903. The molecule has 1 aliphatic carbocycles. The monoisotopic (exact) mass is 183 g/mol. The summed E-state index contributed by atoms with van der Waals surface area (Å²) in [5.41, 5.74) is 0. The zero-order valence-corrected chi connectivity index (χ0v) is 9.47. The molecule has 0 aromatic rings. The summed E-state index contributed by atoms with van der Waals surface area (Å²) in [6, 6.07) is 0. The van der Waals surface area contributed by atoms with E-state index in [4.69, 9.17) is 0 Å². The van der Waals surface area contributed by atoms with Crippen LogP contribution < -0.4 is 5.32 Å². The highest BCUT2D eigenvalue weighted by Gasteiger charge is 2.22. The average molecular weight is 183 g/mol. The lowest BCUT2D eigenvalue weighted by Gasteiger charge is -2.30. The van der Waals surface area contributed by atoms with Gasteiger partial charge in [-0.15, -0.1) is 0 Å². The molecule has 1 N–H and O–H groups in total. The summed E-state index contributed by atoms with van der Waals surface area (Å²) in [6.45, 7) is 9.32. The molecule has 0 saturated heterocycles. The van der Waals surface area contributed by atoms with E-state index in [1.165, 1.54) is 32.2 Å². The van der Waals surface area contributed by atoms with Crippen molar-refractivity contribution in [3.05, 3.63) is 0 Å². The topological polar surface area (TPSA) is 12.0 Å². The van der Waals surface area contributed by atoms with Crippen molar-refractivity contribution < 1.29 is 0 Å². The summed E-state index contributed by atoms with van der Waals surface area (Å²) < 4.78 is 0. The van der Waals surface area contributed by atoms with Gasteiger partial charge in [0.25, 0.3) is 0 Å². The number of hydrogen-bond acceptors (Lipinski definition) is 1. The van der Waals surface area contributed by atoms with Crippen LogP contribution in [0.5, 0.6) is 0 Å². The van der Waals surface area contributed by atoms with Crippen LogP contribution in [0.25, 0.3) is 0 Å². The Morgan fingerprint density at radius 3 is 2.23 bits per heavy atom. The van der Waals surface area contributed by atoms with Crippen molar-refractivity contribution >= 4 is 0 Å². The molecule has 0 aromatic heterocycles. The van der Waals surface area contributed by atoms with Gasteiger partial charge in [-0.05, 0) is 56.5 Å². The fourth-order valence-electron chi connectivity index (χ4n) is 2.41. The average Bonchev–Trinajstić information content (AvgIpc) is 2.15. The third-order valence-corrected chi connectivity index (χ3v) is 3.52. The Labute approximate surface area is 83.3 Å². The second-order valence-electron chi connectivity index (χ2n) is 4.83. The maximum absolute atomic E-state index is 3.46. The van der Waals surface area contributed by atoms with E-state index < -0.39 is 0 Å². The predicted octanol–water partition coefficient (Wildman–Crippen LogP) is 3.06. The third kappa shape index (κ3) is 3.68. The van der Waals surface area contributed by atoms with Crippen molar-refractivity contribution in [2.45, 2.75) is 46.5 Å². The number of hydrogen-bond donors (Lipinski definition) is 1. The van der Waals surface area contributed by atoms with Gasteiger partial charge >= 0.3 is 0 Å². The van der Waals surface area contributed by atoms with Crippen LogP contribution in [-0.2, 0) is 0 Å². The first kappa shape index (κ1) is 11.0. The van der Waals surface area contributed by atoms with Crippen molar-refractivity contribution in [3.63, 3.8) is 0 Å². The van der Waals surface area contributed by atoms with Gasteiger partial charge in [-0.1, -0.05) is 20.8 Å². The first-order valence-electron chi connectivity index (χ1n) is 5.94. The van der Waals surface area contributed by atoms with Crippen molar-refractivity contribution in [1.82, 2.24) is 5.32 Å². The van der Waals surface area contributed by atoms with Crippen LogP contribution in [0, 0.1) is 17.8 Å². The Hall–Kier alpha value is -0.0400. The molecule has 1 nitrogen and oxygen atoms in total. The Morgan fingerprint density at radius 1 is 1.15 bits per heavy atom. The van der Waals surface area contributed by atoms with Crippen LogP contribution in [0.1, 0.15) is 46.5 Å². The Bertz CT molecular complexity index is 123. The quantitative estimate of drug-likeness (QED) is 0.706. The summed E-state index contributed by atoms with van der Waals surface area (Å²) in [5, 5.41) is 3.46. The molecule has 1 saturated carbocycles. The van der Waals surface area contributed by atoms with Crippen LogP contribution in [0.15, 0.2) is 0 Å². The van der Waals surface area contributed by atoms with Gasteiger partial charge in [0.1, 0.15) is 0 Å². The molecule has 0 aromatic carbocycles. The molecule has 0 atom stereocenters. The zero-order chi connectivity index (χ0) is 9.68. The van der Waals surface area contributed by atoms with E-state index in [1.54, 1.807) is 0 Å². The molecule has 0 bridgehead atoms. The first-order valence-corrected chi connectivity index (χ1v) is 5.94. The number of rotatable bonds is 4. The number of nitrogens with one attached hydrogen (secondary N) is 1. The van der Waals surface area contributed by atoms with Crippen molar-refractivity contribution in [3.8, 4) is 0 Å². The standard InChI is InChI=1S/C12H25N/c1-4-13-9-11-5-7-12(8-6-11)10(2)3/h10-13H,4-9H2,1-3H3. The lowest BCUT2D eigenvalue weighted by molar-refractivity contribution is 0.221. The molecule has 1 rings (SSSR count). The predicted molar refractivity (Wildman–Crippen MR) is 58.8 cm³/mol. The maximum atomic E-state index is 3.46. The highest BCUT2D eigenvalue weighted by atomic mass is 14.8. The molecule has 0 spiro atoms. The molecule has 0 amide bonds. The Balaban J connectivity index is 2.15. The van der Waals surface area contributed by atoms with Crippen LogP contribution in [0.4, 0.5) is 0 Å².